The minimum absolute atomic E-state index is 0.0989. The van der Waals surface area contributed by atoms with Gasteiger partial charge in [-0.2, -0.15) is 0 Å². The molecule has 0 saturated carbocycles. The minimum atomic E-state index is -0.915. The Hall–Kier alpha value is 1.22. The van der Waals surface area contributed by atoms with E-state index in [2.05, 4.69) is 90.3 Å². The van der Waals surface area contributed by atoms with Crippen LogP contribution in [0.5, 0.6) is 0 Å². The highest BCUT2D eigenvalue weighted by Gasteiger charge is 2.27. The van der Waals surface area contributed by atoms with Gasteiger partial charge in [-0.05, 0) is 60.6 Å². The molecule has 0 aliphatic carbocycles. The fraction of sp³-hybridized carbons (Fsp3) is 0.857. The summed E-state index contributed by atoms with van der Waals surface area (Å²) in [6, 6.07) is 0. The highest BCUT2D eigenvalue weighted by atomic mass is 80.0. The monoisotopic (exact) mass is 694 g/mol. The maximum absolute atomic E-state index is 11.5. The second-order valence-corrected chi connectivity index (χ2v) is 14.7. The molecule has 0 unspecified atom stereocenters. The summed E-state index contributed by atoms with van der Waals surface area (Å²) in [6.07, 6.45) is 1.47. The van der Waals surface area contributed by atoms with Gasteiger partial charge in [-0.3, -0.25) is 9.59 Å². The van der Waals surface area contributed by atoms with Gasteiger partial charge in [0.2, 0.25) is 8.05 Å². The Balaban J connectivity index is 3.21. The molecule has 0 aromatic rings. The summed E-state index contributed by atoms with van der Waals surface area (Å²) >= 11 is 15.7. The summed E-state index contributed by atoms with van der Waals surface area (Å²) in [4.78, 5) is 22.7. The first kappa shape index (κ1) is 27.2. The lowest BCUT2D eigenvalue weighted by atomic mass is 10.4. The second kappa shape index (κ2) is 17.1. The lowest BCUT2D eigenvalue weighted by Gasteiger charge is -2.12. The normalized spacial score (nSPS) is 11.6. The number of alkyl halides is 5. The molecule has 26 heavy (non-hydrogen) atoms. The standard InChI is InChI=1S/C14H23Br5N2O5/c15-11(16)12(22)20-3-1-5-24-7-9-26-10-8-25-6-2-4-21-13(23)14(17,18)19/h11H,1-10H2,(H,20,22)(H,21,23). The van der Waals surface area contributed by atoms with Crippen molar-refractivity contribution in [3.05, 3.63) is 0 Å². The largest absolute Gasteiger partial charge is 0.379 e. The fourth-order valence-electron chi connectivity index (χ4n) is 1.48. The van der Waals surface area contributed by atoms with Gasteiger partial charge in [-0.1, -0.05) is 31.9 Å². The predicted octanol–water partition coefficient (Wildman–Crippen LogP) is 3.00. The van der Waals surface area contributed by atoms with Crippen molar-refractivity contribution in [2.75, 3.05) is 52.7 Å². The van der Waals surface area contributed by atoms with Crippen molar-refractivity contribution < 1.29 is 23.8 Å². The van der Waals surface area contributed by atoms with Gasteiger partial charge in [-0.25, -0.2) is 0 Å². The third kappa shape index (κ3) is 17.3. The summed E-state index contributed by atoms with van der Waals surface area (Å²) in [5.74, 6) is -0.295. The van der Waals surface area contributed by atoms with Crippen LogP contribution in [0.3, 0.4) is 0 Å². The van der Waals surface area contributed by atoms with Crippen molar-refractivity contribution in [2.24, 2.45) is 0 Å². The molecule has 0 saturated heterocycles. The van der Waals surface area contributed by atoms with E-state index in [-0.39, 0.29) is 15.6 Å². The van der Waals surface area contributed by atoms with Crippen molar-refractivity contribution in [1.82, 2.24) is 10.6 Å². The van der Waals surface area contributed by atoms with E-state index < -0.39 is 2.14 Å². The topological polar surface area (TPSA) is 85.9 Å². The smallest absolute Gasteiger partial charge is 0.258 e. The van der Waals surface area contributed by atoms with Gasteiger partial charge in [0.15, 0.2) is 0 Å². The van der Waals surface area contributed by atoms with Gasteiger partial charge in [0, 0.05) is 26.3 Å². The first-order valence-corrected chi connectivity index (χ1v) is 12.1. The van der Waals surface area contributed by atoms with Crippen LogP contribution in [0.15, 0.2) is 0 Å². The molecule has 0 aliphatic heterocycles. The van der Waals surface area contributed by atoms with Gasteiger partial charge in [0.05, 0.1) is 26.4 Å². The van der Waals surface area contributed by atoms with E-state index in [1.165, 1.54) is 0 Å². The van der Waals surface area contributed by atoms with Crippen LogP contribution in [-0.4, -0.2) is 70.4 Å². The van der Waals surface area contributed by atoms with E-state index >= 15 is 0 Å². The van der Waals surface area contributed by atoms with Gasteiger partial charge < -0.3 is 24.8 Å². The van der Waals surface area contributed by atoms with Gasteiger partial charge in [0.1, 0.15) is 3.74 Å². The molecule has 0 radical (unpaired) electrons. The molecule has 154 valence electrons. The van der Waals surface area contributed by atoms with E-state index in [9.17, 15) is 9.59 Å². The molecular weight excluding hydrogens is 676 g/mol. The predicted molar refractivity (Wildman–Crippen MR) is 119 cm³/mol. The van der Waals surface area contributed by atoms with E-state index in [0.717, 1.165) is 12.8 Å². The summed E-state index contributed by atoms with van der Waals surface area (Å²) in [5, 5.41) is 5.48. The van der Waals surface area contributed by atoms with Crippen LogP contribution in [-0.2, 0) is 23.8 Å². The third-order valence-corrected chi connectivity index (χ3v) is 4.63. The quantitative estimate of drug-likeness (QED) is 0.203. The molecule has 0 spiro atoms. The summed E-state index contributed by atoms with van der Waals surface area (Å²) < 4.78 is 14.9. The average Bonchev–Trinajstić information content (AvgIpc) is 2.56. The molecule has 2 N–H and O–H groups in total. The van der Waals surface area contributed by atoms with E-state index in [1.54, 1.807) is 0 Å². The van der Waals surface area contributed by atoms with Crippen molar-refractivity contribution in [3.8, 4) is 0 Å². The summed E-state index contributed by atoms with van der Waals surface area (Å²) in [6.45, 7) is 4.23. The first-order valence-electron chi connectivity index (χ1n) is 7.89. The third-order valence-electron chi connectivity index (χ3n) is 2.72. The maximum Gasteiger partial charge on any atom is 0.258 e. The molecule has 0 aromatic heterocycles. The molecule has 0 heterocycles. The number of rotatable bonds is 15. The highest BCUT2D eigenvalue weighted by molar-refractivity contribution is 9.40. The Bertz CT molecular complexity index is 396. The minimum Gasteiger partial charge on any atom is -0.379 e. The molecule has 7 nitrogen and oxygen atoms in total. The lowest BCUT2D eigenvalue weighted by Crippen LogP contribution is -2.34. The molecule has 0 atom stereocenters. The molecule has 12 heteroatoms. The Morgan fingerprint density at radius 3 is 1.62 bits per heavy atom. The van der Waals surface area contributed by atoms with Gasteiger partial charge in [0.25, 0.3) is 5.91 Å². The summed E-state index contributed by atoms with van der Waals surface area (Å²) in [7, 11) is 0. The number of amides is 2. The van der Waals surface area contributed by atoms with Gasteiger partial charge >= 0.3 is 0 Å². The molecule has 0 bridgehead atoms. The number of halogens is 5. The van der Waals surface area contributed by atoms with Crippen LogP contribution in [0.25, 0.3) is 0 Å². The maximum atomic E-state index is 11.5. The van der Waals surface area contributed by atoms with E-state index in [0.29, 0.717) is 52.7 Å². The molecular formula is C14H23Br5N2O5. The average molecular weight is 699 g/mol. The van der Waals surface area contributed by atoms with E-state index in [4.69, 9.17) is 14.2 Å². The molecule has 2 amide bonds. The zero-order valence-electron chi connectivity index (χ0n) is 14.1. The fourth-order valence-corrected chi connectivity index (χ4v) is 2.23. The lowest BCUT2D eigenvalue weighted by molar-refractivity contribution is -0.120. The van der Waals surface area contributed by atoms with Crippen LogP contribution in [0.4, 0.5) is 0 Å². The van der Waals surface area contributed by atoms with Crippen LogP contribution >= 0.6 is 79.6 Å². The molecule has 0 fully saturated rings. The molecule has 0 rings (SSSR count). The molecule has 0 aliphatic rings. The number of hydrogen-bond acceptors (Lipinski definition) is 5. The Morgan fingerprint density at radius 2 is 1.19 bits per heavy atom. The van der Waals surface area contributed by atoms with Crippen LogP contribution in [0.2, 0.25) is 0 Å². The van der Waals surface area contributed by atoms with Gasteiger partial charge in [-0.15, -0.1) is 0 Å². The Labute approximate surface area is 196 Å². The first-order chi connectivity index (χ1) is 12.2. The number of carbonyl (C=O) groups excluding carboxylic acids is 2. The number of ether oxygens (including phenoxy) is 3. The van der Waals surface area contributed by atoms with Crippen LogP contribution in [0, 0.1) is 0 Å². The SMILES string of the molecule is O=C(NCCCOCCOCCOCCCNC(=O)C(Br)(Br)Br)C(Br)Br. The van der Waals surface area contributed by atoms with Crippen molar-refractivity contribution in [1.29, 1.82) is 0 Å². The zero-order valence-corrected chi connectivity index (χ0v) is 22.0. The highest BCUT2D eigenvalue weighted by Crippen LogP contribution is 2.33. The van der Waals surface area contributed by atoms with E-state index in [1.807, 2.05) is 0 Å². The Kier molecular flexibility index (Phi) is 17.9. The van der Waals surface area contributed by atoms with Crippen LogP contribution < -0.4 is 10.6 Å². The van der Waals surface area contributed by atoms with Crippen molar-refractivity contribution in [3.63, 3.8) is 0 Å². The second-order valence-electron chi connectivity index (χ2n) is 4.89. The number of nitrogens with one attached hydrogen (secondary N) is 2. The molecule has 0 aromatic carbocycles. The number of hydrogen-bond donors (Lipinski definition) is 2. The van der Waals surface area contributed by atoms with Crippen molar-refractivity contribution in [2.45, 2.75) is 18.7 Å². The van der Waals surface area contributed by atoms with Crippen molar-refractivity contribution >= 4 is 91.5 Å². The Morgan fingerprint density at radius 1 is 0.769 bits per heavy atom. The number of carbonyl (C=O) groups is 2. The zero-order chi connectivity index (χ0) is 19.8. The van der Waals surface area contributed by atoms with Crippen LogP contribution in [0.1, 0.15) is 12.8 Å². The summed E-state index contributed by atoms with van der Waals surface area (Å²) in [5.41, 5.74) is 0.